The number of nitrogens with one attached hydrogen (secondary N) is 1. The largest absolute Gasteiger partial charge is 0.368 e. The fourth-order valence-electron chi connectivity index (χ4n) is 2.14. The molecule has 0 saturated carbocycles. The van der Waals surface area contributed by atoms with Crippen LogP contribution in [0.2, 0.25) is 0 Å². The van der Waals surface area contributed by atoms with Gasteiger partial charge in [-0.25, -0.2) is 0 Å². The summed E-state index contributed by atoms with van der Waals surface area (Å²) in [6.07, 6.45) is 5.12. The third kappa shape index (κ3) is 6.38. The van der Waals surface area contributed by atoms with E-state index in [1.54, 1.807) is 6.08 Å². The van der Waals surface area contributed by atoms with E-state index >= 15 is 0 Å². The first-order valence-electron chi connectivity index (χ1n) is 6.39. The first-order chi connectivity index (χ1) is 8.27. The van der Waals surface area contributed by atoms with E-state index < -0.39 is 0 Å². The number of rotatable bonds is 7. The minimum absolute atomic E-state index is 0. The average molecular weight is 277 g/mol. The van der Waals surface area contributed by atoms with Gasteiger partial charge in [-0.15, -0.1) is 19.0 Å². The van der Waals surface area contributed by atoms with E-state index in [0.29, 0.717) is 6.61 Å². The summed E-state index contributed by atoms with van der Waals surface area (Å²) < 4.78 is 5.17. The van der Waals surface area contributed by atoms with Gasteiger partial charge in [0.2, 0.25) is 5.91 Å². The smallest absolute Gasteiger partial charge is 0.248 e. The summed E-state index contributed by atoms with van der Waals surface area (Å²) in [5.74, 6) is 0.875. The van der Waals surface area contributed by atoms with E-state index in [9.17, 15) is 4.79 Å². The molecule has 1 heterocycles. The zero-order chi connectivity index (χ0) is 12.5. The minimum atomic E-state index is 0. The number of hydrogen-bond donors (Lipinski definition) is 1. The van der Waals surface area contributed by atoms with Gasteiger partial charge >= 0.3 is 0 Å². The van der Waals surface area contributed by atoms with Crippen LogP contribution in [0.3, 0.4) is 0 Å². The maximum atomic E-state index is 11.7. The number of carbonyl (C=O) groups excluding carboxylic acids is 1. The average Bonchev–Trinajstić information content (AvgIpc) is 2.37. The van der Waals surface area contributed by atoms with Crippen molar-refractivity contribution >= 4 is 18.3 Å². The molecule has 1 rings (SSSR count). The highest BCUT2D eigenvalue weighted by atomic mass is 35.5. The van der Waals surface area contributed by atoms with E-state index in [4.69, 9.17) is 4.74 Å². The Kier molecular flexibility index (Phi) is 10.0. The minimum Gasteiger partial charge on any atom is -0.368 e. The molecule has 5 heteroatoms. The van der Waals surface area contributed by atoms with Crippen LogP contribution in [0.5, 0.6) is 0 Å². The van der Waals surface area contributed by atoms with Crippen LogP contribution in [0.15, 0.2) is 12.7 Å². The van der Waals surface area contributed by atoms with Crippen LogP contribution in [-0.4, -0.2) is 50.7 Å². The second-order valence-electron chi connectivity index (χ2n) is 4.52. The SMILES string of the molecule is C=CCOCC(=O)N1CCC(CCNC)CC1.Cl. The Hall–Kier alpha value is -0.580. The number of amides is 1. The highest BCUT2D eigenvalue weighted by molar-refractivity contribution is 5.85. The molecule has 4 nitrogen and oxygen atoms in total. The van der Waals surface area contributed by atoms with Crippen LogP contribution in [0.4, 0.5) is 0 Å². The molecule has 18 heavy (non-hydrogen) atoms. The quantitative estimate of drug-likeness (QED) is 0.565. The Morgan fingerprint density at radius 3 is 2.72 bits per heavy atom. The topological polar surface area (TPSA) is 41.6 Å². The molecule has 0 aromatic carbocycles. The molecule has 0 unspecified atom stereocenters. The summed E-state index contributed by atoms with van der Waals surface area (Å²) >= 11 is 0. The number of halogens is 1. The van der Waals surface area contributed by atoms with Crippen LogP contribution in [0.1, 0.15) is 19.3 Å². The molecule has 1 amide bonds. The maximum absolute atomic E-state index is 11.7. The second kappa shape index (κ2) is 10.4. The number of likely N-dealkylation sites (tertiary alicyclic amines) is 1. The molecule has 0 aliphatic carbocycles. The van der Waals surface area contributed by atoms with Gasteiger partial charge in [-0.2, -0.15) is 0 Å². The molecular formula is C13H25ClN2O2. The Bertz CT molecular complexity index is 241. The van der Waals surface area contributed by atoms with Crippen molar-refractivity contribution in [3.8, 4) is 0 Å². The molecule has 0 aromatic rings. The normalized spacial score (nSPS) is 16.2. The van der Waals surface area contributed by atoms with Crippen LogP contribution in [0, 0.1) is 5.92 Å². The van der Waals surface area contributed by atoms with Crippen LogP contribution < -0.4 is 5.32 Å². The number of hydrogen-bond acceptors (Lipinski definition) is 3. The zero-order valence-corrected chi connectivity index (χ0v) is 12.0. The lowest BCUT2D eigenvalue weighted by Crippen LogP contribution is -2.40. The Labute approximate surface area is 116 Å². The van der Waals surface area contributed by atoms with Crippen molar-refractivity contribution in [2.24, 2.45) is 5.92 Å². The molecule has 1 aliphatic rings. The third-order valence-electron chi connectivity index (χ3n) is 3.23. The van der Waals surface area contributed by atoms with Gasteiger partial charge in [0, 0.05) is 13.1 Å². The van der Waals surface area contributed by atoms with Gasteiger partial charge in [-0.1, -0.05) is 6.08 Å². The van der Waals surface area contributed by atoms with Gasteiger partial charge in [0.15, 0.2) is 0 Å². The Morgan fingerprint density at radius 2 is 2.17 bits per heavy atom. The fourth-order valence-corrected chi connectivity index (χ4v) is 2.14. The highest BCUT2D eigenvalue weighted by Gasteiger charge is 2.22. The molecule has 1 N–H and O–H groups in total. The van der Waals surface area contributed by atoms with Crippen LogP contribution >= 0.6 is 12.4 Å². The third-order valence-corrected chi connectivity index (χ3v) is 3.23. The van der Waals surface area contributed by atoms with Gasteiger partial charge < -0.3 is 15.0 Å². The van der Waals surface area contributed by atoms with E-state index in [1.807, 2.05) is 11.9 Å². The van der Waals surface area contributed by atoms with E-state index in [0.717, 1.165) is 38.4 Å². The zero-order valence-electron chi connectivity index (χ0n) is 11.2. The van der Waals surface area contributed by atoms with Crippen molar-refractivity contribution in [2.75, 3.05) is 39.9 Å². The van der Waals surface area contributed by atoms with Gasteiger partial charge in [0.25, 0.3) is 0 Å². The second-order valence-corrected chi connectivity index (χ2v) is 4.52. The number of carbonyl (C=O) groups is 1. The summed E-state index contributed by atoms with van der Waals surface area (Å²) in [7, 11) is 1.98. The lowest BCUT2D eigenvalue weighted by atomic mass is 9.93. The van der Waals surface area contributed by atoms with Gasteiger partial charge in [0.1, 0.15) is 6.61 Å². The lowest BCUT2D eigenvalue weighted by Gasteiger charge is -2.32. The van der Waals surface area contributed by atoms with Crippen molar-refractivity contribution in [3.05, 3.63) is 12.7 Å². The molecule has 0 atom stereocenters. The predicted molar refractivity (Wildman–Crippen MR) is 76.1 cm³/mol. The first-order valence-corrected chi connectivity index (χ1v) is 6.39. The molecule has 0 radical (unpaired) electrons. The summed E-state index contributed by atoms with van der Waals surface area (Å²) in [4.78, 5) is 13.7. The molecule has 0 spiro atoms. The molecule has 106 valence electrons. The van der Waals surface area contributed by atoms with Crippen LogP contribution in [-0.2, 0) is 9.53 Å². The van der Waals surface area contributed by atoms with Gasteiger partial charge in [-0.3, -0.25) is 4.79 Å². The van der Waals surface area contributed by atoms with Crippen molar-refractivity contribution in [2.45, 2.75) is 19.3 Å². The molecule has 1 saturated heterocycles. The predicted octanol–water partition coefficient (Wildman–Crippen LogP) is 1.46. The summed E-state index contributed by atoms with van der Waals surface area (Å²) in [6.45, 7) is 7.02. The number of nitrogens with zero attached hydrogens (tertiary/aromatic N) is 1. The monoisotopic (exact) mass is 276 g/mol. The standard InChI is InChI=1S/C13H24N2O2.ClH/c1-3-10-17-11-13(16)15-8-5-12(6-9-15)4-7-14-2;/h3,12,14H,1,4-11H2,2H3;1H. The Morgan fingerprint density at radius 1 is 1.50 bits per heavy atom. The van der Waals surface area contributed by atoms with Crippen molar-refractivity contribution in [1.29, 1.82) is 0 Å². The fraction of sp³-hybridized carbons (Fsp3) is 0.769. The van der Waals surface area contributed by atoms with Gasteiger partial charge in [-0.05, 0) is 38.8 Å². The first kappa shape index (κ1) is 17.4. The van der Waals surface area contributed by atoms with E-state index in [-0.39, 0.29) is 24.9 Å². The number of ether oxygens (including phenoxy) is 1. The molecule has 0 bridgehead atoms. The Balaban J connectivity index is 0.00000289. The highest BCUT2D eigenvalue weighted by Crippen LogP contribution is 2.19. The van der Waals surface area contributed by atoms with E-state index in [1.165, 1.54) is 6.42 Å². The molecule has 0 aromatic heterocycles. The van der Waals surface area contributed by atoms with Crippen molar-refractivity contribution in [3.63, 3.8) is 0 Å². The number of piperidine rings is 1. The molecular weight excluding hydrogens is 252 g/mol. The van der Waals surface area contributed by atoms with Crippen molar-refractivity contribution in [1.82, 2.24) is 10.2 Å². The van der Waals surface area contributed by atoms with Crippen molar-refractivity contribution < 1.29 is 9.53 Å². The summed E-state index contributed by atoms with van der Waals surface area (Å²) in [5.41, 5.74) is 0. The van der Waals surface area contributed by atoms with Gasteiger partial charge in [0.05, 0.1) is 6.61 Å². The van der Waals surface area contributed by atoms with E-state index in [2.05, 4.69) is 11.9 Å². The lowest BCUT2D eigenvalue weighted by molar-refractivity contribution is -0.137. The molecule has 1 fully saturated rings. The molecule has 1 aliphatic heterocycles. The van der Waals surface area contributed by atoms with Crippen LogP contribution in [0.25, 0.3) is 0 Å². The maximum Gasteiger partial charge on any atom is 0.248 e. The summed E-state index contributed by atoms with van der Waals surface area (Å²) in [6, 6.07) is 0. The summed E-state index contributed by atoms with van der Waals surface area (Å²) in [5, 5.41) is 3.17.